The molecule has 0 saturated carbocycles. The van der Waals surface area contributed by atoms with Crippen LogP contribution in [0.5, 0.6) is 0 Å². The molecule has 0 radical (unpaired) electrons. The Kier molecular flexibility index (Phi) is 3.35. The van der Waals surface area contributed by atoms with Crippen molar-refractivity contribution < 1.29 is 5.11 Å². The highest BCUT2D eigenvalue weighted by atomic mass is 16.3. The lowest BCUT2D eigenvalue weighted by Gasteiger charge is -2.26. The van der Waals surface area contributed by atoms with E-state index in [0.717, 1.165) is 22.5 Å². The van der Waals surface area contributed by atoms with E-state index in [-0.39, 0.29) is 0 Å². The Labute approximate surface area is 124 Å². The van der Waals surface area contributed by atoms with E-state index in [1.54, 1.807) is 10.9 Å². The van der Waals surface area contributed by atoms with Crippen molar-refractivity contribution in [3.8, 4) is 5.69 Å². The molecule has 0 bridgehead atoms. The maximum absolute atomic E-state index is 11.1. The molecule has 3 nitrogen and oxygen atoms in total. The second kappa shape index (κ2) is 5.19. The van der Waals surface area contributed by atoms with Crippen LogP contribution < -0.4 is 0 Å². The summed E-state index contributed by atoms with van der Waals surface area (Å²) in [6, 6.07) is 19.6. The standard InChI is InChI=1S/C18H18N2O/c1-14-8-6-7-11-16(14)18(2,21)17-12-13-19-20(17)15-9-4-3-5-10-15/h3-13,21H,1-2H3. The molecule has 0 saturated heterocycles. The lowest BCUT2D eigenvalue weighted by Crippen LogP contribution is -2.27. The van der Waals surface area contributed by atoms with Crippen molar-refractivity contribution in [1.29, 1.82) is 0 Å². The highest BCUT2D eigenvalue weighted by Crippen LogP contribution is 2.32. The molecule has 0 aliphatic heterocycles. The molecule has 2 aromatic carbocycles. The smallest absolute Gasteiger partial charge is 0.129 e. The summed E-state index contributed by atoms with van der Waals surface area (Å²) < 4.78 is 1.78. The van der Waals surface area contributed by atoms with Crippen molar-refractivity contribution in [2.24, 2.45) is 0 Å². The Morgan fingerprint density at radius 2 is 1.62 bits per heavy atom. The summed E-state index contributed by atoms with van der Waals surface area (Å²) in [7, 11) is 0. The molecule has 0 fully saturated rings. The van der Waals surface area contributed by atoms with Crippen molar-refractivity contribution in [3.05, 3.63) is 83.7 Å². The predicted octanol–water partition coefficient (Wildman–Crippen LogP) is 3.44. The summed E-state index contributed by atoms with van der Waals surface area (Å²) in [4.78, 5) is 0. The Morgan fingerprint density at radius 1 is 0.952 bits per heavy atom. The van der Waals surface area contributed by atoms with Gasteiger partial charge in [-0.25, -0.2) is 4.68 Å². The molecule has 3 rings (SSSR count). The molecule has 106 valence electrons. The second-order valence-corrected chi connectivity index (χ2v) is 5.35. The molecule has 3 aromatic rings. The van der Waals surface area contributed by atoms with Gasteiger partial charge in [0.15, 0.2) is 0 Å². The zero-order valence-electron chi connectivity index (χ0n) is 12.2. The van der Waals surface area contributed by atoms with Gasteiger partial charge < -0.3 is 5.11 Å². The average Bonchev–Trinajstić information content (AvgIpc) is 2.99. The topological polar surface area (TPSA) is 38.1 Å². The molecular formula is C18H18N2O. The van der Waals surface area contributed by atoms with E-state index >= 15 is 0 Å². The lowest BCUT2D eigenvalue weighted by molar-refractivity contribution is 0.0939. The number of benzene rings is 2. The highest BCUT2D eigenvalue weighted by Gasteiger charge is 2.31. The van der Waals surface area contributed by atoms with Crippen LogP contribution in [0.1, 0.15) is 23.7 Å². The first-order valence-electron chi connectivity index (χ1n) is 6.99. The number of nitrogens with zero attached hydrogens (tertiary/aromatic N) is 2. The zero-order chi connectivity index (χ0) is 14.9. The van der Waals surface area contributed by atoms with Gasteiger partial charge in [-0.2, -0.15) is 5.10 Å². The molecule has 0 aliphatic carbocycles. The van der Waals surface area contributed by atoms with E-state index in [4.69, 9.17) is 0 Å². The van der Waals surface area contributed by atoms with E-state index in [1.165, 1.54) is 0 Å². The summed E-state index contributed by atoms with van der Waals surface area (Å²) in [5.41, 5.74) is 2.54. The summed E-state index contributed by atoms with van der Waals surface area (Å²) in [5, 5.41) is 15.5. The zero-order valence-corrected chi connectivity index (χ0v) is 12.2. The largest absolute Gasteiger partial charge is 0.379 e. The van der Waals surface area contributed by atoms with E-state index in [9.17, 15) is 5.11 Å². The third-order valence-electron chi connectivity index (χ3n) is 3.81. The van der Waals surface area contributed by atoms with Gasteiger partial charge in [0.2, 0.25) is 0 Å². The molecule has 0 amide bonds. The first-order chi connectivity index (χ1) is 10.1. The Bertz CT molecular complexity index is 745. The Balaban J connectivity index is 2.14. The van der Waals surface area contributed by atoms with Crippen LogP contribution in [0.3, 0.4) is 0 Å². The fourth-order valence-corrected chi connectivity index (χ4v) is 2.70. The van der Waals surface area contributed by atoms with Gasteiger partial charge in [-0.3, -0.25) is 0 Å². The van der Waals surface area contributed by atoms with Gasteiger partial charge in [-0.15, -0.1) is 0 Å². The van der Waals surface area contributed by atoms with Crippen LogP contribution in [0.2, 0.25) is 0 Å². The molecule has 3 heteroatoms. The van der Waals surface area contributed by atoms with Crippen LogP contribution in [0.25, 0.3) is 5.69 Å². The molecule has 1 atom stereocenters. The summed E-state index contributed by atoms with van der Waals surface area (Å²) in [6.07, 6.45) is 1.72. The number of hydrogen-bond donors (Lipinski definition) is 1. The first-order valence-corrected chi connectivity index (χ1v) is 6.99. The normalized spacial score (nSPS) is 13.9. The van der Waals surface area contributed by atoms with Crippen molar-refractivity contribution in [2.45, 2.75) is 19.4 Å². The minimum Gasteiger partial charge on any atom is -0.379 e. The molecule has 0 spiro atoms. The van der Waals surface area contributed by atoms with E-state index in [1.807, 2.05) is 74.5 Å². The molecule has 1 unspecified atom stereocenters. The average molecular weight is 278 g/mol. The van der Waals surface area contributed by atoms with Crippen LogP contribution in [-0.2, 0) is 5.60 Å². The van der Waals surface area contributed by atoms with E-state index < -0.39 is 5.60 Å². The van der Waals surface area contributed by atoms with E-state index in [2.05, 4.69) is 5.10 Å². The van der Waals surface area contributed by atoms with Crippen LogP contribution in [0.15, 0.2) is 66.9 Å². The number of hydrogen-bond acceptors (Lipinski definition) is 2. The lowest BCUT2D eigenvalue weighted by atomic mass is 9.89. The first kappa shape index (κ1) is 13.6. The monoisotopic (exact) mass is 278 g/mol. The van der Waals surface area contributed by atoms with Gasteiger partial charge in [0.1, 0.15) is 5.60 Å². The van der Waals surface area contributed by atoms with Crippen molar-refractivity contribution >= 4 is 0 Å². The van der Waals surface area contributed by atoms with Gasteiger partial charge in [0.25, 0.3) is 0 Å². The number of aryl methyl sites for hydroxylation is 1. The Hall–Kier alpha value is -2.39. The van der Waals surface area contributed by atoms with Gasteiger partial charge in [-0.05, 0) is 43.2 Å². The summed E-state index contributed by atoms with van der Waals surface area (Å²) >= 11 is 0. The van der Waals surface area contributed by atoms with Gasteiger partial charge >= 0.3 is 0 Å². The fraction of sp³-hybridized carbons (Fsp3) is 0.167. The van der Waals surface area contributed by atoms with Crippen molar-refractivity contribution in [1.82, 2.24) is 9.78 Å². The summed E-state index contributed by atoms with van der Waals surface area (Å²) in [5.74, 6) is 0. The molecule has 1 aromatic heterocycles. The molecule has 21 heavy (non-hydrogen) atoms. The highest BCUT2D eigenvalue weighted by molar-refractivity contribution is 5.41. The molecular weight excluding hydrogens is 260 g/mol. The molecule has 1 N–H and O–H groups in total. The van der Waals surface area contributed by atoms with Gasteiger partial charge in [0, 0.05) is 6.20 Å². The molecule has 0 aliphatic rings. The maximum atomic E-state index is 11.1. The minimum absolute atomic E-state index is 0.753. The minimum atomic E-state index is -1.10. The van der Waals surface area contributed by atoms with Crippen molar-refractivity contribution in [3.63, 3.8) is 0 Å². The van der Waals surface area contributed by atoms with E-state index in [0.29, 0.717) is 0 Å². The number of aliphatic hydroxyl groups is 1. The Morgan fingerprint density at radius 3 is 2.33 bits per heavy atom. The quantitative estimate of drug-likeness (QED) is 0.797. The SMILES string of the molecule is Cc1ccccc1C(C)(O)c1ccnn1-c1ccccc1. The van der Waals surface area contributed by atoms with Gasteiger partial charge in [-0.1, -0.05) is 42.5 Å². The maximum Gasteiger partial charge on any atom is 0.129 e. The molecule has 1 heterocycles. The summed E-state index contributed by atoms with van der Waals surface area (Å²) in [6.45, 7) is 3.82. The van der Waals surface area contributed by atoms with Crippen molar-refractivity contribution in [2.75, 3.05) is 0 Å². The number of para-hydroxylation sites is 1. The number of aromatic nitrogens is 2. The second-order valence-electron chi connectivity index (χ2n) is 5.35. The van der Waals surface area contributed by atoms with Crippen LogP contribution in [0, 0.1) is 6.92 Å². The van der Waals surface area contributed by atoms with Crippen LogP contribution in [-0.4, -0.2) is 14.9 Å². The third kappa shape index (κ3) is 2.36. The van der Waals surface area contributed by atoms with Crippen LogP contribution >= 0.6 is 0 Å². The third-order valence-corrected chi connectivity index (χ3v) is 3.81. The predicted molar refractivity (Wildman–Crippen MR) is 83.4 cm³/mol. The fourth-order valence-electron chi connectivity index (χ4n) is 2.70. The number of rotatable bonds is 3. The van der Waals surface area contributed by atoms with Crippen LogP contribution in [0.4, 0.5) is 0 Å². The van der Waals surface area contributed by atoms with Gasteiger partial charge in [0.05, 0.1) is 11.4 Å².